The van der Waals surface area contributed by atoms with Crippen LogP contribution in [0.1, 0.15) is 37.7 Å². The summed E-state index contributed by atoms with van der Waals surface area (Å²) in [5.41, 5.74) is 2.43. The summed E-state index contributed by atoms with van der Waals surface area (Å²) in [6.07, 6.45) is 8.98. The second kappa shape index (κ2) is 6.16. The van der Waals surface area contributed by atoms with Crippen LogP contribution in [0.25, 0.3) is 10.9 Å². The van der Waals surface area contributed by atoms with E-state index in [2.05, 4.69) is 34.6 Å². The molecule has 2 heteroatoms. The van der Waals surface area contributed by atoms with E-state index in [9.17, 15) is 0 Å². The average Bonchev–Trinajstić information content (AvgIpc) is 2.97. The summed E-state index contributed by atoms with van der Waals surface area (Å²) >= 11 is 0. The minimum atomic E-state index is 0.970. The smallest absolute Gasteiger partial charge is 0.0702 e. The van der Waals surface area contributed by atoms with Gasteiger partial charge in [-0.25, -0.2) is 0 Å². The number of nitrogens with zero attached hydrogens (tertiary/aromatic N) is 1. The van der Waals surface area contributed by atoms with Crippen LogP contribution in [-0.4, -0.2) is 11.5 Å². The predicted octanol–water partition coefficient (Wildman–Crippen LogP) is 3.90. The SMILES string of the molecule is c1cnc2ccc(CNCCC3CCCC3)cc2c1. The molecule has 100 valence electrons. The van der Waals surface area contributed by atoms with Gasteiger partial charge in [0.25, 0.3) is 0 Å². The molecule has 3 rings (SSSR count). The molecule has 0 unspecified atom stereocenters. The Bertz CT molecular complexity index is 530. The fourth-order valence-electron chi connectivity index (χ4n) is 3.07. The molecule has 1 saturated carbocycles. The van der Waals surface area contributed by atoms with Gasteiger partial charge in [-0.1, -0.05) is 37.8 Å². The first-order valence-corrected chi connectivity index (χ1v) is 7.46. The largest absolute Gasteiger partial charge is 0.313 e. The van der Waals surface area contributed by atoms with Crippen LogP contribution in [0.5, 0.6) is 0 Å². The van der Waals surface area contributed by atoms with E-state index in [4.69, 9.17) is 0 Å². The number of fused-ring (bicyclic) bond motifs is 1. The molecule has 0 amide bonds. The average molecular weight is 254 g/mol. The number of hydrogen-bond donors (Lipinski definition) is 1. The van der Waals surface area contributed by atoms with Crippen molar-refractivity contribution in [3.8, 4) is 0 Å². The lowest BCUT2D eigenvalue weighted by Gasteiger charge is -2.10. The van der Waals surface area contributed by atoms with Gasteiger partial charge < -0.3 is 5.32 Å². The molecule has 0 aliphatic heterocycles. The van der Waals surface area contributed by atoms with Gasteiger partial charge in [0.05, 0.1) is 5.52 Å². The molecule has 1 aliphatic rings. The highest BCUT2D eigenvalue weighted by molar-refractivity contribution is 5.78. The molecule has 19 heavy (non-hydrogen) atoms. The standard InChI is InChI=1S/C17H22N2/c1-2-5-14(4-1)9-11-18-13-15-7-8-17-16(12-15)6-3-10-19-17/h3,6-8,10,12,14,18H,1-2,4-5,9,11,13H2. The molecule has 1 aromatic carbocycles. The minimum Gasteiger partial charge on any atom is -0.313 e. The fourth-order valence-corrected chi connectivity index (χ4v) is 3.07. The molecule has 2 aromatic rings. The molecule has 1 aromatic heterocycles. The molecule has 0 bridgehead atoms. The van der Waals surface area contributed by atoms with Gasteiger partial charge in [0, 0.05) is 18.1 Å². The van der Waals surface area contributed by atoms with Crippen LogP contribution < -0.4 is 5.32 Å². The van der Waals surface area contributed by atoms with Gasteiger partial charge in [0.2, 0.25) is 0 Å². The first-order chi connectivity index (χ1) is 9.42. The molecule has 1 heterocycles. The van der Waals surface area contributed by atoms with Crippen LogP contribution in [0.2, 0.25) is 0 Å². The van der Waals surface area contributed by atoms with E-state index >= 15 is 0 Å². The molecule has 0 saturated heterocycles. The number of pyridine rings is 1. The summed E-state index contributed by atoms with van der Waals surface area (Å²) in [4.78, 5) is 4.35. The maximum Gasteiger partial charge on any atom is 0.0702 e. The lowest BCUT2D eigenvalue weighted by molar-refractivity contribution is 0.477. The molecule has 0 radical (unpaired) electrons. The van der Waals surface area contributed by atoms with Crippen LogP contribution in [0, 0.1) is 5.92 Å². The highest BCUT2D eigenvalue weighted by Gasteiger charge is 2.13. The third kappa shape index (κ3) is 3.32. The maximum atomic E-state index is 4.35. The summed E-state index contributed by atoms with van der Waals surface area (Å²) in [5.74, 6) is 0.980. The van der Waals surface area contributed by atoms with Crippen LogP contribution in [0.15, 0.2) is 36.5 Å². The van der Waals surface area contributed by atoms with Crippen molar-refractivity contribution >= 4 is 10.9 Å². The summed E-state index contributed by atoms with van der Waals surface area (Å²) in [6.45, 7) is 2.12. The van der Waals surface area contributed by atoms with Crippen molar-refractivity contribution in [2.45, 2.75) is 38.6 Å². The molecule has 2 nitrogen and oxygen atoms in total. The van der Waals surface area contributed by atoms with E-state index < -0.39 is 0 Å². The Morgan fingerprint density at radius 3 is 2.95 bits per heavy atom. The minimum absolute atomic E-state index is 0.970. The Labute approximate surface area is 115 Å². The molecule has 1 N–H and O–H groups in total. The third-order valence-corrected chi connectivity index (χ3v) is 4.20. The normalized spacial score (nSPS) is 16.2. The van der Waals surface area contributed by atoms with Gasteiger partial charge in [-0.2, -0.15) is 0 Å². The van der Waals surface area contributed by atoms with Gasteiger partial charge >= 0.3 is 0 Å². The first-order valence-electron chi connectivity index (χ1n) is 7.46. The van der Waals surface area contributed by atoms with Crippen LogP contribution >= 0.6 is 0 Å². The second-order valence-electron chi connectivity index (χ2n) is 5.65. The molecule has 1 aliphatic carbocycles. The van der Waals surface area contributed by atoms with Gasteiger partial charge in [-0.3, -0.25) is 4.98 Å². The second-order valence-corrected chi connectivity index (χ2v) is 5.65. The molecular formula is C17H22N2. The van der Waals surface area contributed by atoms with E-state index in [0.29, 0.717) is 0 Å². The fraction of sp³-hybridized carbons (Fsp3) is 0.471. The van der Waals surface area contributed by atoms with Crippen molar-refractivity contribution in [1.29, 1.82) is 0 Å². The Morgan fingerprint density at radius 1 is 1.16 bits per heavy atom. The van der Waals surface area contributed by atoms with Crippen LogP contribution in [0.4, 0.5) is 0 Å². The number of rotatable bonds is 5. The highest BCUT2D eigenvalue weighted by atomic mass is 14.8. The Morgan fingerprint density at radius 2 is 2.05 bits per heavy atom. The zero-order valence-corrected chi connectivity index (χ0v) is 11.4. The summed E-state index contributed by atoms with van der Waals surface area (Å²) < 4.78 is 0. The quantitative estimate of drug-likeness (QED) is 0.818. The van der Waals surface area contributed by atoms with E-state index in [-0.39, 0.29) is 0 Å². The van der Waals surface area contributed by atoms with Crippen molar-refractivity contribution < 1.29 is 0 Å². The first kappa shape index (κ1) is 12.6. The van der Waals surface area contributed by atoms with Crippen LogP contribution in [-0.2, 0) is 6.54 Å². The van der Waals surface area contributed by atoms with E-state index in [0.717, 1.165) is 24.5 Å². The van der Waals surface area contributed by atoms with Crippen molar-refractivity contribution in [1.82, 2.24) is 10.3 Å². The number of aromatic nitrogens is 1. The third-order valence-electron chi connectivity index (χ3n) is 4.20. The maximum absolute atomic E-state index is 4.35. The van der Waals surface area contributed by atoms with Crippen molar-refractivity contribution in [3.63, 3.8) is 0 Å². The Balaban J connectivity index is 1.50. The summed E-state index contributed by atoms with van der Waals surface area (Å²) in [5, 5.41) is 4.81. The summed E-state index contributed by atoms with van der Waals surface area (Å²) in [7, 11) is 0. The molecule has 0 atom stereocenters. The molecular weight excluding hydrogens is 232 g/mol. The van der Waals surface area contributed by atoms with Crippen molar-refractivity contribution in [3.05, 3.63) is 42.1 Å². The van der Waals surface area contributed by atoms with Gasteiger partial charge in [-0.05, 0) is 42.6 Å². The van der Waals surface area contributed by atoms with Gasteiger partial charge in [0.1, 0.15) is 0 Å². The van der Waals surface area contributed by atoms with Crippen LogP contribution in [0.3, 0.4) is 0 Å². The number of nitrogens with one attached hydrogen (secondary N) is 1. The predicted molar refractivity (Wildman–Crippen MR) is 80.0 cm³/mol. The highest BCUT2D eigenvalue weighted by Crippen LogP contribution is 2.26. The Kier molecular flexibility index (Phi) is 4.09. The summed E-state index contributed by atoms with van der Waals surface area (Å²) in [6, 6.07) is 10.7. The zero-order valence-electron chi connectivity index (χ0n) is 11.4. The van der Waals surface area contributed by atoms with Crippen molar-refractivity contribution in [2.24, 2.45) is 5.92 Å². The van der Waals surface area contributed by atoms with Gasteiger partial charge in [-0.15, -0.1) is 0 Å². The van der Waals surface area contributed by atoms with Gasteiger partial charge in [0.15, 0.2) is 0 Å². The molecule has 0 spiro atoms. The number of hydrogen-bond acceptors (Lipinski definition) is 2. The lowest BCUT2D eigenvalue weighted by Crippen LogP contribution is -2.16. The zero-order chi connectivity index (χ0) is 12.9. The van der Waals surface area contributed by atoms with E-state index in [1.54, 1.807) is 0 Å². The topological polar surface area (TPSA) is 24.9 Å². The van der Waals surface area contributed by atoms with E-state index in [1.807, 2.05) is 12.3 Å². The molecule has 1 fully saturated rings. The van der Waals surface area contributed by atoms with E-state index in [1.165, 1.54) is 43.1 Å². The van der Waals surface area contributed by atoms with Crippen molar-refractivity contribution in [2.75, 3.05) is 6.54 Å². The lowest BCUT2D eigenvalue weighted by atomic mass is 10.0. The monoisotopic (exact) mass is 254 g/mol. The number of benzene rings is 1. The Hall–Kier alpha value is -1.41.